The summed E-state index contributed by atoms with van der Waals surface area (Å²) in [7, 11) is 0. The molecule has 4 rings (SSSR count). The average Bonchev–Trinajstić information content (AvgIpc) is 3.14. The van der Waals surface area contributed by atoms with Gasteiger partial charge in [-0.05, 0) is 49.4 Å². The molecule has 1 N–H and O–H groups in total. The van der Waals surface area contributed by atoms with Gasteiger partial charge in [0.05, 0.1) is 17.6 Å². The van der Waals surface area contributed by atoms with Gasteiger partial charge < -0.3 is 5.32 Å². The average molecular weight is 488 g/mol. The first-order chi connectivity index (χ1) is 14.8. The number of hydrogen-bond acceptors (Lipinski definition) is 4. The van der Waals surface area contributed by atoms with E-state index in [1.54, 1.807) is 13.0 Å². The van der Waals surface area contributed by atoms with E-state index in [1.807, 2.05) is 0 Å². The smallest absolute Gasteiger partial charge is 0.264 e. The van der Waals surface area contributed by atoms with E-state index in [0.717, 1.165) is 0 Å². The van der Waals surface area contributed by atoms with Gasteiger partial charge in [-0.25, -0.2) is 18.4 Å². The number of nitrogens with zero attached hydrogens (tertiary/aromatic N) is 4. The standard InChI is InChI=1S/C21H16BrF2N5O2/c1-12-26-20-16(11-25-29(20)15-5-3-14(23)4-6-15)21(31)28(12)9-8-19(30)27-18-7-2-13(22)10-17(18)24/h2-7,10-11H,8-9H2,1H3,(H,27,30). The van der Waals surface area contributed by atoms with Crippen LogP contribution in [0.15, 0.2) is 57.9 Å². The van der Waals surface area contributed by atoms with Crippen molar-refractivity contribution in [1.82, 2.24) is 19.3 Å². The lowest BCUT2D eigenvalue weighted by Gasteiger charge is -2.11. The van der Waals surface area contributed by atoms with Crippen molar-refractivity contribution in [3.63, 3.8) is 0 Å². The van der Waals surface area contributed by atoms with E-state index in [1.165, 1.54) is 51.8 Å². The van der Waals surface area contributed by atoms with Crippen LogP contribution in [-0.2, 0) is 11.3 Å². The summed E-state index contributed by atoms with van der Waals surface area (Å²) in [6.07, 6.45) is 1.34. The molecule has 0 saturated heterocycles. The van der Waals surface area contributed by atoms with Gasteiger partial charge in [-0.1, -0.05) is 15.9 Å². The fraction of sp³-hybridized carbons (Fsp3) is 0.143. The molecule has 1 amide bonds. The Bertz CT molecular complexity index is 1350. The maximum atomic E-state index is 13.9. The van der Waals surface area contributed by atoms with Crippen molar-refractivity contribution >= 4 is 38.6 Å². The molecule has 2 aromatic carbocycles. The second-order valence-electron chi connectivity index (χ2n) is 6.81. The number of aryl methyl sites for hydroxylation is 1. The second kappa shape index (κ2) is 8.38. The molecular formula is C21H16BrF2N5O2. The van der Waals surface area contributed by atoms with E-state index in [0.29, 0.717) is 21.6 Å². The molecule has 0 aliphatic heterocycles. The SMILES string of the molecule is Cc1nc2c(cnn2-c2ccc(F)cc2)c(=O)n1CCC(=O)Nc1ccc(Br)cc1F. The van der Waals surface area contributed by atoms with Crippen LogP contribution in [0.1, 0.15) is 12.2 Å². The third-order valence-corrected chi connectivity index (χ3v) is 5.21. The molecule has 2 heterocycles. The third-order valence-electron chi connectivity index (χ3n) is 4.72. The zero-order valence-corrected chi connectivity index (χ0v) is 17.9. The minimum atomic E-state index is -0.563. The van der Waals surface area contributed by atoms with Gasteiger partial charge in [-0.15, -0.1) is 0 Å². The van der Waals surface area contributed by atoms with Crippen LogP contribution in [-0.4, -0.2) is 25.2 Å². The van der Waals surface area contributed by atoms with Crippen molar-refractivity contribution in [3.05, 3.63) is 80.9 Å². The maximum absolute atomic E-state index is 13.9. The van der Waals surface area contributed by atoms with Gasteiger partial charge in [0, 0.05) is 17.4 Å². The summed E-state index contributed by atoms with van der Waals surface area (Å²) in [5.41, 5.74) is 0.619. The molecule has 0 atom stereocenters. The molecule has 158 valence electrons. The first-order valence-electron chi connectivity index (χ1n) is 9.29. The van der Waals surface area contributed by atoms with E-state index in [9.17, 15) is 18.4 Å². The number of carbonyl (C=O) groups excluding carboxylic acids is 1. The van der Waals surface area contributed by atoms with Crippen LogP contribution in [0, 0.1) is 18.6 Å². The number of benzene rings is 2. The molecule has 4 aromatic rings. The number of amides is 1. The molecule has 0 unspecified atom stereocenters. The fourth-order valence-electron chi connectivity index (χ4n) is 3.16. The number of hydrogen-bond donors (Lipinski definition) is 1. The van der Waals surface area contributed by atoms with E-state index < -0.39 is 11.7 Å². The highest BCUT2D eigenvalue weighted by atomic mass is 79.9. The number of rotatable bonds is 5. The quantitative estimate of drug-likeness (QED) is 0.461. The fourth-order valence-corrected chi connectivity index (χ4v) is 3.49. The summed E-state index contributed by atoms with van der Waals surface area (Å²) in [6, 6.07) is 9.98. The van der Waals surface area contributed by atoms with Crippen LogP contribution in [0.3, 0.4) is 0 Å². The Kier molecular flexibility index (Phi) is 5.64. The van der Waals surface area contributed by atoms with Crippen molar-refractivity contribution in [2.24, 2.45) is 0 Å². The molecule has 0 aliphatic rings. The number of anilines is 1. The first-order valence-corrected chi connectivity index (χ1v) is 10.1. The number of nitrogens with one attached hydrogen (secondary N) is 1. The Morgan fingerprint density at radius 1 is 1.16 bits per heavy atom. The molecule has 2 aromatic heterocycles. The van der Waals surface area contributed by atoms with Crippen molar-refractivity contribution in [2.75, 3.05) is 5.32 Å². The predicted molar refractivity (Wildman–Crippen MR) is 115 cm³/mol. The highest BCUT2D eigenvalue weighted by Gasteiger charge is 2.15. The predicted octanol–water partition coefficient (Wildman–Crippen LogP) is 3.96. The summed E-state index contributed by atoms with van der Waals surface area (Å²) < 4.78 is 30.5. The van der Waals surface area contributed by atoms with Crippen molar-refractivity contribution in [1.29, 1.82) is 0 Å². The van der Waals surface area contributed by atoms with Crippen LogP contribution >= 0.6 is 15.9 Å². The van der Waals surface area contributed by atoms with Crippen LogP contribution in [0.25, 0.3) is 16.7 Å². The van der Waals surface area contributed by atoms with Gasteiger partial charge in [-0.2, -0.15) is 5.10 Å². The van der Waals surface area contributed by atoms with E-state index >= 15 is 0 Å². The van der Waals surface area contributed by atoms with E-state index in [4.69, 9.17) is 0 Å². The zero-order chi connectivity index (χ0) is 22.1. The molecule has 31 heavy (non-hydrogen) atoms. The van der Waals surface area contributed by atoms with Crippen molar-refractivity contribution in [2.45, 2.75) is 19.9 Å². The van der Waals surface area contributed by atoms with Crippen LogP contribution < -0.4 is 10.9 Å². The van der Waals surface area contributed by atoms with Crippen LogP contribution in [0.5, 0.6) is 0 Å². The Hall–Kier alpha value is -3.40. The molecule has 0 spiro atoms. The van der Waals surface area contributed by atoms with E-state index in [2.05, 4.69) is 31.3 Å². The lowest BCUT2D eigenvalue weighted by molar-refractivity contribution is -0.116. The van der Waals surface area contributed by atoms with Gasteiger partial charge >= 0.3 is 0 Å². The van der Waals surface area contributed by atoms with Crippen LogP contribution in [0.2, 0.25) is 0 Å². The van der Waals surface area contributed by atoms with Gasteiger partial charge in [0.2, 0.25) is 5.91 Å². The first kappa shape index (κ1) is 20.9. The van der Waals surface area contributed by atoms with Gasteiger partial charge in [0.25, 0.3) is 5.56 Å². The number of carbonyl (C=O) groups is 1. The molecule has 0 aliphatic carbocycles. The zero-order valence-electron chi connectivity index (χ0n) is 16.3. The summed E-state index contributed by atoms with van der Waals surface area (Å²) in [5.74, 6) is -0.987. The molecule has 7 nitrogen and oxygen atoms in total. The largest absolute Gasteiger partial charge is 0.324 e. The summed E-state index contributed by atoms with van der Waals surface area (Å²) >= 11 is 3.16. The lowest BCUT2D eigenvalue weighted by atomic mass is 10.3. The topological polar surface area (TPSA) is 81.8 Å². The molecule has 10 heteroatoms. The normalized spacial score (nSPS) is 11.1. The summed E-state index contributed by atoms with van der Waals surface area (Å²) in [4.78, 5) is 29.6. The Morgan fingerprint density at radius 3 is 2.61 bits per heavy atom. The van der Waals surface area contributed by atoms with Crippen molar-refractivity contribution < 1.29 is 13.6 Å². The number of fused-ring (bicyclic) bond motifs is 1. The minimum absolute atomic E-state index is 0.0461. The number of aromatic nitrogens is 4. The highest BCUT2D eigenvalue weighted by molar-refractivity contribution is 9.10. The minimum Gasteiger partial charge on any atom is -0.324 e. The maximum Gasteiger partial charge on any atom is 0.264 e. The molecular weight excluding hydrogens is 472 g/mol. The van der Waals surface area contributed by atoms with Gasteiger partial charge in [-0.3, -0.25) is 14.2 Å². The highest BCUT2D eigenvalue weighted by Crippen LogP contribution is 2.20. The second-order valence-corrected chi connectivity index (χ2v) is 7.72. The molecule has 0 fully saturated rings. The Morgan fingerprint density at radius 2 is 1.90 bits per heavy atom. The van der Waals surface area contributed by atoms with Crippen molar-refractivity contribution in [3.8, 4) is 5.69 Å². The monoisotopic (exact) mass is 487 g/mol. The van der Waals surface area contributed by atoms with Crippen LogP contribution in [0.4, 0.5) is 14.5 Å². The molecule has 0 saturated carbocycles. The lowest BCUT2D eigenvalue weighted by Crippen LogP contribution is -2.26. The Labute approximate surface area is 183 Å². The van der Waals surface area contributed by atoms with E-state index in [-0.39, 0.29) is 35.4 Å². The summed E-state index contributed by atoms with van der Waals surface area (Å²) in [5, 5.41) is 6.97. The number of halogens is 3. The molecule has 0 bridgehead atoms. The van der Waals surface area contributed by atoms with Gasteiger partial charge in [0.1, 0.15) is 22.8 Å². The summed E-state index contributed by atoms with van der Waals surface area (Å²) in [6.45, 7) is 1.72. The Balaban J connectivity index is 1.56. The molecule has 0 radical (unpaired) electrons. The third kappa shape index (κ3) is 4.24. The van der Waals surface area contributed by atoms with Gasteiger partial charge in [0.15, 0.2) is 5.65 Å².